The number of ether oxygens (including phenoxy) is 1. The molecule has 1 aromatic heterocycles. The number of nitrogen functional groups attached to an aromatic ring is 1. The van der Waals surface area contributed by atoms with E-state index in [1.165, 1.54) is 7.11 Å². The average Bonchev–Trinajstić information content (AvgIpc) is 2.84. The molecule has 0 saturated heterocycles. The van der Waals surface area contributed by atoms with Crippen LogP contribution in [-0.2, 0) is 4.74 Å². The second-order valence-electron chi connectivity index (χ2n) is 3.24. The van der Waals surface area contributed by atoms with E-state index in [2.05, 4.69) is 4.74 Å². The molecule has 0 radical (unpaired) electrons. The third kappa shape index (κ3) is 2.62. The van der Waals surface area contributed by atoms with Crippen LogP contribution >= 0.6 is 23.1 Å². The lowest BCUT2D eigenvalue weighted by molar-refractivity contribution is 0.0601. The van der Waals surface area contributed by atoms with E-state index in [9.17, 15) is 4.79 Å². The Morgan fingerprint density at radius 1 is 1.35 bits per heavy atom. The fraction of sp³-hybridized carbons (Fsp3) is 0.0833. The van der Waals surface area contributed by atoms with Gasteiger partial charge in [-0.25, -0.2) is 4.79 Å². The molecule has 0 saturated carbocycles. The number of anilines is 1. The molecule has 0 unspecified atom stereocenters. The number of benzene rings is 1. The van der Waals surface area contributed by atoms with Gasteiger partial charge in [0.15, 0.2) is 0 Å². The predicted octanol–water partition coefficient (Wildman–Crippen LogP) is 3.27. The minimum atomic E-state index is -0.406. The Balaban J connectivity index is 2.32. The normalized spacial score (nSPS) is 10.2. The van der Waals surface area contributed by atoms with Crippen molar-refractivity contribution < 1.29 is 9.53 Å². The minimum absolute atomic E-state index is 0.406. The van der Waals surface area contributed by atoms with Crippen LogP contribution in [0.5, 0.6) is 0 Å². The highest BCUT2D eigenvalue weighted by Crippen LogP contribution is 2.36. The number of carbonyl (C=O) groups excluding carboxylic acids is 1. The Bertz CT molecular complexity index is 523. The summed E-state index contributed by atoms with van der Waals surface area (Å²) >= 11 is 3.19. The van der Waals surface area contributed by atoms with Crippen LogP contribution in [0.25, 0.3) is 0 Å². The lowest BCUT2D eigenvalue weighted by Gasteiger charge is -2.08. The number of carbonyl (C=O) groups is 1. The Kier molecular flexibility index (Phi) is 3.71. The first-order chi connectivity index (χ1) is 8.22. The summed E-state index contributed by atoms with van der Waals surface area (Å²) in [5, 5.41) is 2.00. The van der Waals surface area contributed by atoms with E-state index in [0.29, 0.717) is 11.3 Å². The Labute approximate surface area is 108 Å². The van der Waals surface area contributed by atoms with Gasteiger partial charge in [-0.1, -0.05) is 23.9 Å². The summed E-state index contributed by atoms with van der Waals surface area (Å²) in [4.78, 5) is 12.4. The van der Waals surface area contributed by atoms with E-state index in [1.807, 2.05) is 23.6 Å². The van der Waals surface area contributed by atoms with Gasteiger partial charge in [0.1, 0.15) is 0 Å². The zero-order chi connectivity index (χ0) is 12.3. The Morgan fingerprint density at radius 3 is 2.82 bits per heavy atom. The molecular weight excluding hydrogens is 254 g/mol. The summed E-state index contributed by atoms with van der Waals surface area (Å²) in [5.74, 6) is -0.406. The van der Waals surface area contributed by atoms with Gasteiger partial charge in [0, 0.05) is 4.90 Å². The van der Waals surface area contributed by atoms with Crippen LogP contribution in [0.3, 0.4) is 0 Å². The van der Waals surface area contributed by atoms with Crippen molar-refractivity contribution in [1.82, 2.24) is 0 Å². The van der Waals surface area contributed by atoms with Crippen molar-refractivity contribution in [2.45, 2.75) is 9.10 Å². The van der Waals surface area contributed by atoms with E-state index in [0.717, 1.165) is 9.10 Å². The summed E-state index contributed by atoms with van der Waals surface area (Å²) in [7, 11) is 1.35. The van der Waals surface area contributed by atoms with Crippen molar-refractivity contribution in [2.24, 2.45) is 0 Å². The van der Waals surface area contributed by atoms with Crippen LogP contribution in [-0.4, -0.2) is 13.1 Å². The number of esters is 1. The van der Waals surface area contributed by atoms with Gasteiger partial charge in [-0.05, 0) is 23.6 Å². The summed E-state index contributed by atoms with van der Waals surface area (Å²) < 4.78 is 5.82. The molecule has 2 rings (SSSR count). The van der Waals surface area contributed by atoms with Crippen molar-refractivity contribution in [3.05, 3.63) is 41.3 Å². The molecular formula is C12H11NO2S2. The molecule has 3 nitrogen and oxygen atoms in total. The Morgan fingerprint density at radius 2 is 2.18 bits per heavy atom. The van der Waals surface area contributed by atoms with E-state index >= 15 is 0 Å². The van der Waals surface area contributed by atoms with Crippen LogP contribution in [0, 0.1) is 0 Å². The van der Waals surface area contributed by atoms with Gasteiger partial charge in [-0.15, -0.1) is 11.3 Å². The topological polar surface area (TPSA) is 52.3 Å². The summed E-state index contributed by atoms with van der Waals surface area (Å²) in [6.45, 7) is 0. The molecule has 0 aliphatic rings. The van der Waals surface area contributed by atoms with E-state index in [-0.39, 0.29) is 0 Å². The maximum Gasteiger partial charge on any atom is 0.339 e. The molecule has 0 atom stereocenters. The summed E-state index contributed by atoms with van der Waals surface area (Å²) in [6.07, 6.45) is 0. The second-order valence-corrected chi connectivity index (χ2v) is 5.53. The van der Waals surface area contributed by atoms with Gasteiger partial charge >= 0.3 is 5.97 Å². The molecule has 0 spiro atoms. The lowest BCUT2D eigenvalue weighted by atomic mass is 10.2. The smallest absolute Gasteiger partial charge is 0.339 e. The van der Waals surface area contributed by atoms with Gasteiger partial charge in [0.2, 0.25) is 0 Å². The maximum atomic E-state index is 11.5. The number of nitrogens with two attached hydrogens (primary N) is 1. The quantitative estimate of drug-likeness (QED) is 0.683. The van der Waals surface area contributed by atoms with Crippen molar-refractivity contribution in [2.75, 3.05) is 12.8 Å². The standard InChI is InChI=1S/C12H11NO2S2/c1-15-12(14)8-4-2-5-9(11(8)13)17-10-6-3-7-16-10/h2-7H,13H2,1H3. The van der Waals surface area contributed by atoms with Gasteiger partial charge in [0.05, 0.1) is 22.6 Å². The molecule has 1 aromatic carbocycles. The largest absolute Gasteiger partial charge is 0.465 e. The molecule has 88 valence electrons. The number of hydrogen-bond donors (Lipinski definition) is 1. The van der Waals surface area contributed by atoms with Crippen LogP contribution in [0.1, 0.15) is 10.4 Å². The first-order valence-electron chi connectivity index (χ1n) is 4.90. The minimum Gasteiger partial charge on any atom is -0.465 e. The molecule has 2 aromatic rings. The van der Waals surface area contributed by atoms with Gasteiger partial charge in [-0.2, -0.15) is 0 Å². The molecule has 0 fully saturated rings. The number of hydrogen-bond acceptors (Lipinski definition) is 5. The highest BCUT2D eigenvalue weighted by Gasteiger charge is 2.13. The molecule has 0 bridgehead atoms. The van der Waals surface area contributed by atoms with Crippen LogP contribution in [0.2, 0.25) is 0 Å². The number of thiophene rings is 1. The molecule has 0 amide bonds. The highest BCUT2D eigenvalue weighted by atomic mass is 32.2. The molecule has 17 heavy (non-hydrogen) atoms. The van der Waals surface area contributed by atoms with Crippen molar-refractivity contribution in [3.8, 4) is 0 Å². The fourth-order valence-corrected chi connectivity index (χ4v) is 3.16. The Hall–Kier alpha value is -1.46. The van der Waals surface area contributed by atoms with Crippen molar-refractivity contribution >= 4 is 34.8 Å². The SMILES string of the molecule is COC(=O)c1cccc(Sc2cccs2)c1N. The zero-order valence-electron chi connectivity index (χ0n) is 9.17. The van der Waals surface area contributed by atoms with Crippen LogP contribution < -0.4 is 5.73 Å². The molecule has 1 heterocycles. The van der Waals surface area contributed by atoms with Gasteiger partial charge in [-0.3, -0.25) is 0 Å². The molecule has 0 aliphatic heterocycles. The zero-order valence-corrected chi connectivity index (χ0v) is 10.8. The third-order valence-corrected chi connectivity index (χ3v) is 4.29. The van der Waals surface area contributed by atoms with Gasteiger partial charge < -0.3 is 10.5 Å². The number of rotatable bonds is 3. The summed E-state index contributed by atoms with van der Waals surface area (Å²) in [6, 6.07) is 9.36. The number of para-hydroxylation sites is 1. The maximum absolute atomic E-state index is 11.5. The molecule has 0 aliphatic carbocycles. The second kappa shape index (κ2) is 5.25. The van der Waals surface area contributed by atoms with E-state index in [4.69, 9.17) is 5.73 Å². The molecule has 5 heteroatoms. The monoisotopic (exact) mass is 265 g/mol. The fourth-order valence-electron chi connectivity index (χ4n) is 1.35. The van der Waals surface area contributed by atoms with E-state index in [1.54, 1.807) is 35.2 Å². The van der Waals surface area contributed by atoms with Crippen molar-refractivity contribution in [1.29, 1.82) is 0 Å². The lowest BCUT2D eigenvalue weighted by Crippen LogP contribution is -2.06. The molecule has 2 N–H and O–H groups in total. The summed E-state index contributed by atoms with van der Waals surface area (Å²) in [5.41, 5.74) is 6.84. The van der Waals surface area contributed by atoms with Crippen LogP contribution in [0.15, 0.2) is 44.8 Å². The highest BCUT2D eigenvalue weighted by molar-refractivity contribution is 8.01. The van der Waals surface area contributed by atoms with Crippen LogP contribution in [0.4, 0.5) is 5.69 Å². The third-order valence-electron chi connectivity index (χ3n) is 2.18. The predicted molar refractivity (Wildman–Crippen MR) is 70.6 cm³/mol. The first-order valence-corrected chi connectivity index (χ1v) is 6.60. The first kappa shape index (κ1) is 12.0. The average molecular weight is 265 g/mol. The van der Waals surface area contributed by atoms with Crippen molar-refractivity contribution in [3.63, 3.8) is 0 Å². The van der Waals surface area contributed by atoms with E-state index < -0.39 is 5.97 Å². The van der Waals surface area contributed by atoms with Gasteiger partial charge in [0.25, 0.3) is 0 Å². The number of methoxy groups -OCH3 is 1.